The molecule has 6 nitrogen and oxygen atoms in total. The minimum atomic E-state index is -0.182. The summed E-state index contributed by atoms with van der Waals surface area (Å²) in [6.45, 7) is 1.78. The highest BCUT2D eigenvalue weighted by molar-refractivity contribution is 5.97. The number of hydrogen-bond acceptors (Lipinski definition) is 4. The Bertz CT molecular complexity index is 669. The van der Waals surface area contributed by atoms with Crippen LogP contribution < -0.4 is 10.6 Å². The molecule has 0 spiro atoms. The number of likely N-dealkylation sites (N-methyl/N-ethyl adjacent to an activating group) is 1. The first-order valence-corrected chi connectivity index (χ1v) is 7.76. The van der Waals surface area contributed by atoms with Crippen LogP contribution in [-0.4, -0.2) is 48.9 Å². The average Bonchev–Trinajstić information content (AvgIpc) is 2.60. The summed E-state index contributed by atoms with van der Waals surface area (Å²) in [6.07, 6.45) is 3.40. The lowest BCUT2D eigenvalue weighted by Gasteiger charge is -2.10. The molecular weight excluding hydrogens is 304 g/mol. The largest absolute Gasteiger partial charge is 0.351 e. The molecule has 0 saturated heterocycles. The first-order valence-electron chi connectivity index (χ1n) is 7.76. The van der Waals surface area contributed by atoms with Crippen LogP contribution in [-0.2, 0) is 6.54 Å². The second-order valence-corrected chi connectivity index (χ2v) is 5.68. The summed E-state index contributed by atoms with van der Waals surface area (Å²) in [5.41, 5.74) is 1.99. The lowest BCUT2D eigenvalue weighted by atomic mass is 10.1. The smallest absolute Gasteiger partial charge is 0.251 e. The van der Waals surface area contributed by atoms with Gasteiger partial charge in [-0.25, -0.2) is 0 Å². The Hall–Kier alpha value is -2.73. The van der Waals surface area contributed by atoms with Crippen molar-refractivity contribution in [3.63, 3.8) is 0 Å². The van der Waals surface area contributed by atoms with Crippen molar-refractivity contribution >= 4 is 11.8 Å². The molecule has 0 fully saturated rings. The molecule has 0 unspecified atom stereocenters. The van der Waals surface area contributed by atoms with E-state index >= 15 is 0 Å². The highest BCUT2D eigenvalue weighted by atomic mass is 16.2. The first-order chi connectivity index (χ1) is 11.6. The van der Waals surface area contributed by atoms with Crippen LogP contribution in [0.25, 0.3) is 0 Å². The van der Waals surface area contributed by atoms with E-state index < -0.39 is 0 Å². The van der Waals surface area contributed by atoms with Crippen LogP contribution in [0, 0.1) is 0 Å². The number of aromatic nitrogens is 1. The van der Waals surface area contributed by atoms with E-state index in [0.29, 0.717) is 24.2 Å². The fraction of sp³-hybridized carbons (Fsp3) is 0.278. The van der Waals surface area contributed by atoms with Crippen molar-refractivity contribution in [3.8, 4) is 0 Å². The molecule has 2 amide bonds. The normalized spacial score (nSPS) is 10.5. The molecule has 0 bridgehead atoms. The molecule has 0 atom stereocenters. The summed E-state index contributed by atoms with van der Waals surface area (Å²) < 4.78 is 0. The van der Waals surface area contributed by atoms with Crippen LogP contribution in [0.2, 0.25) is 0 Å². The standard InChI is InChI=1S/C18H22N4O2/c1-22(2)11-10-20-17(23)15-5-7-16(8-6-15)18(24)21-13-14-4-3-9-19-12-14/h3-9,12H,10-11,13H2,1-2H3,(H,20,23)(H,21,24). The Morgan fingerprint density at radius 2 is 1.62 bits per heavy atom. The summed E-state index contributed by atoms with van der Waals surface area (Å²) in [5, 5.41) is 5.66. The second-order valence-electron chi connectivity index (χ2n) is 5.68. The lowest BCUT2D eigenvalue weighted by molar-refractivity contribution is 0.0939. The van der Waals surface area contributed by atoms with Crippen molar-refractivity contribution in [2.75, 3.05) is 27.2 Å². The van der Waals surface area contributed by atoms with E-state index in [2.05, 4.69) is 15.6 Å². The molecule has 2 aromatic rings. The predicted molar refractivity (Wildman–Crippen MR) is 92.7 cm³/mol. The number of nitrogens with one attached hydrogen (secondary N) is 2. The highest BCUT2D eigenvalue weighted by Gasteiger charge is 2.08. The van der Waals surface area contributed by atoms with Gasteiger partial charge in [-0.3, -0.25) is 14.6 Å². The molecule has 0 radical (unpaired) electrons. The number of pyridine rings is 1. The van der Waals surface area contributed by atoms with E-state index in [1.165, 1.54) is 0 Å². The molecule has 1 aromatic heterocycles. The summed E-state index contributed by atoms with van der Waals surface area (Å²) in [7, 11) is 3.90. The average molecular weight is 326 g/mol. The van der Waals surface area contributed by atoms with Crippen LogP contribution in [0.3, 0.4) is 0 Å². The van der Waals surface area contributed by atoms with Gasteiger partial charge in [0.15, 0.2) is 0 Å². The number of nitrogens with zero attached hydrogens (tertiary/aromatic N) is 2. The zero-order chi connectivity index (χ0) is 17.4. The third-order valence-electron chi connectivity index (χ3n) is 3.43. The monoisotopic (exact) mass is 326 g/mol. The van der Waals surface area contributed by atoms with Crippen LogP contribution in [0.4, 0.5) is 0 Å². The molecular formula is C18H22N4O2. The van der Waals surface area contributed by atoms with Gasteiger partial charge in [0.05, 0.1) is 0 Å². The molecule has 6 heteroatoms. The van der Waals surface area contributed by atoms with Gasteiger partial charge in [-0.2, -0.15) is 0 Å². The summed E-state index contributed by atoms with van der Waals surface area (Å²) in [5.74, 6) is -0.322. The zero-order valence-electron chi connectivity index (χ0n) is 14.0. The van der Waals surface area contributed by atoms with Gasteiger partial charge in [0, 0.05) is 43.2 Å². The zero-order valence-corrected chi connectivity index (χ0v) is 14.0. The second kappa shape index (κ2) is 8.79. The molecule has 24 heavy (non-hydrogen) atoms. The summed E-state index contributed by atoms with van der Waals surface area (Å²) >= 11 is 0. The molecule has 0 saturated carbocycles. The predicted octanol–water partition coefficient (Wildman–Crippen LogP) is 1.30. The van der Waals surface area contributed by atoms with Crippen molar-refractivity contribution in [2.45, 2.75) is 6.54 Å². The van der Waals surface area contributed by atoms with Crippen LogP contribution in [0.15, 0.2) is 48.8 Å². The van der Waals surface area contributed by atoms with Gasteiger partial charge in [-0.05, 0) is 50.0 Å². The third kappa shape index (κ3) is 5.48. The SMILES string of the molecule is CN(C)CCNC(=O)c1ccc(C(=O)NCc2cccnc2)cc1. The Balaban J connectivity index is 1.86. The van der Waals surface area contributed by atoms with E-state index in [0.717, 1.165) is 12.1 Å². The van der Waals surface area contributed by atoms with E-state index in [1.54, 1.807) is 36.7 Å². The van der Waals surface area contributed by atoms with E-state index in [4.69, 9.17) is 0 Å². The topological polar surface area (TPSA) is 74.3 Å². The number of rotatable bonds is 7. The van der Waals surface area contributed by atoms with Gasteiger partial charge in [-0.1, -0.05) is 6.07 Å². The first kappa shape index (κ1) is 17.6. The van der Waals surface area contributed by atoms with Crippen molar-refractivity contribution in [1.29, 1.82) is 0 Å². The van der Waals surface area contributed by atoms with E-state index in [9.17, 15) is 9.59 Å². The van der Waals surface area contributed by atoms with Crippen molar-refractivity contribution in [1.82, 2.24) is 20.5 Å². The van der Waals surface area contributed by atoms with E-state index in [1.807, 2.05) is 31.1 Å². The maximum Gasteiger partial charge on any atom is 0.251 e. The molecule has 2 rings (SSSR count). The third-order valence-corrected chi connectivity index (χ3v) is 3.43. The Labute approximate surface area is 141 Å². The number of amides is 2. The van der Waals surface area contributed by atoms with Crippen molar-refractivity contribution in [2.24, 2.45) is 0 Å². The van der Waals surface area contributed by atoms with E-state index in [-0.39, 0.29) is 11.8 Å². The molecule has 126 valence electrons. The Kier molecular flexibility index (Phi) is 6.45. The maximum atomic E-state index is 12.1. The number of benzene rings is 1. The lowest BCUT2D eigenvalue weighted by Crippen LogP contribution is -2.31. The minimum Gasteiger partial charge on any atom is -0.351 e. The highest BCUT2D eigenvalue weighted by Crippen LogP contribution is 2.05. The van der Waals surface area contributed by atoms with Crippen molar-refractivity contribution in [3.05, 3.63) is 65.5 Å². The quantitative estimate of drug-likeness (QED) is 0.804. The van der Waals surface area contributed by atoms with Crippen molar-refractivity contribution < 1.29 is 9.59 Å². The molecule has 0 aliphatic heterocycles. The number of hydrogen-bond donors (Lipinski definition) is 2. The fourth-order valence-corrected chi connectivity index (χ4v) is 2.06. The Morgan fingerprint density at radius 3 is 2.17 bits per heavy atom. The van der Waals surface area contributed by atoms with Gasteiger partial charge in [-0.15, -0.1) is 0 Å². The molecule has 1 heterocycles. The van der Waals surface area contributed by atoms with Gasteiger partial charge in [0.25, 0.3) is 11.8 Å². The molecule has 1 aromatic carbocycles. The summed E-state index contributed by atoms with van der Waals surface area (Å²) in [6, 6.07) is 10.3. The van der Waals surface area contributed by atoms with Crippen LogP contribution in [0.5, 0.6) is 0 Å². The fourth-order valence-electron chi connectivity index (χ4n) is 2.06. The molecule has 0 aliphatic carbocycles. The van der Waals surface area contributed by atoms with Gasteiger partial charge in [0.2, 0.25) is 0 Å². The maximum absolute atomic E-state index is 12.1. The van der Waals surface area contributed by atoms with Gasteiger partial charge in [0.1, 0.15) is 0 Å². The summed E-state index contributed by atoms with van der Waals surface area (Å²) in [4.78, 5) is 30.1. The van der Waals surface area contributed by atoms with Gasteiger partial charge < -0.3 is 15.5 Å². The van der Waals surface area contributed by atoms with Crippen LogP contribution >= 0.6 is 0 Å². The number of carbonyl (C=O) groups excluding carboxylic acids is 2. The van der Waals surface area contributed by atoms with Gasteiger partial charge >= 0.3 is 0 Å². The molecule has 0 aliphatic rings. The molecule has 2 N–H and O–H groups in total. The Morgan fingerprint density at radius 1 is 1.00 bits per heavy atom. The number of carbonyl (C=O) groups is 2. The minimum absolute atomic E-state index is 0.140. The van der Waals surface area contributed by atoms with Crippen LogP contribution in [0.1, 0.15) is 26.3 Å².